The van der Waals surface area contributed by atoms with E-state index >= 15 is 0 Å². The first kappa shape index (κ1) is 12.2. The van der Waals surface area contributed by atoms with Gasteiger partial charge in [0.2, 0.25) is 5.91 Å². The molecule has 1 rings (SSSR count). The quantitative estimate of drug-likeness (QED) is 0.820. The summed E-state index contributed by atoms with van der Waals surface area (Å²) >= 11 is 8.28. The monoisotopic (exact) mass is 339 g/mol. The topological polar surface area (TPSA) is 29.1 Å². The number of hydrogen-bond acceptors (Lipinski definition) is 2. The Morgan fingerprint density at radius 2 is 2.43 bits per heavy atom. The van der Waals surface area contributed by atoms with E-state index in [2.05, 4.69) is 37.2 Å². The van der Waals surface area contributed by atoms with Gasteiger partial charge >= 0.3 is 0 Å². The van der Waals surface area contributed by atoms with Gasteiger partial charge in [0, 0.05) is 10.2 Å². The number of nitrogens with one attached hydrogen (secondary N) is 1. The Hall–Kier alpha value is 0.130. The molecule has 0 saturated heterocycles. The summed E-state index contributed by atoms with van der Waals surface area (Å²) in [5.41, 5.74) is 0. The highest BCUT2D eigenvalue weighted by molar-refractivity contribution is 9.10. The van der Waals surface area contributed by atoms with Crippen LogP contribution in [0.5, 0.6) is 0 Å². The molecule has 0 bridgehead atoms. The largest absolute Gasteiger partial charge is 0.350 e. The Labute approximate surface area is 104 Å². The highest BCUT2D eigenvalue weighted by atomic mass is 79.9. The molecule has 0 aliphatic carbocycles. The second-order valence-electron chi connectivity index (χ2n) is 2.74. The van der Waals surface area contributed by atoms with E-state index in [9.17, 15) is 4.79 Å². The van der Waals surface area contributed by atoms with Crippen LogP contribution in [0.2, 0.25) is 0 Å². The Bertz CT molecular complexity index is 276. The van der Waals surface area contributed by atoms with Gasteiger partial charge in [-0.25, -0.2) is 0 Å². The molecule has 2 nitrogen and oxygen atoms in total. The van der Waals surface area contributed by atoms with Gasteiger partial charge in [-0.3, -0.25) is 4.79 Å². The Kier molecular flexibility index (Phi) is 5.74. The molecule has 5 heteroatoms. The zero-order valence-corrected chi connectivity index (χ0v) is 11.5. The van der Waals surface area contributed by atoms with Crippen molar-refractivity contribution in [3.8, 4) is 0 Å². The number of halogens is 2. The van der Waals surface area contributed by atoms with Crippen molar-refractivity contribution < 1.29 is 4.79 Å². The number of carbonyl (C=O) groups is 1. The van der Waals surface area contributed by atoms with Crippen LogP contribution in [0.4, 0.5) is 0 Å². The van der Waals surface area contributed by atoms with Gasteiger partial charge < -0.3 is 5.32 Å². The minimum Gasteiger partial charge on any atom is -0.350 e. The summed E-state index contributed by atoms with van der Waals surface area (Å²) in [5.74, 6) is 0.0536. The van der Waals surface area contributed by atoms with Crippen molar-refractivity contribution in [2.24, 2.45) is 0 Å². The Morgan fingerprint density at radius 1 is 1.64 bits per heavy atom. The fourth-order valence-electron chi connectivity index (χ4n) is 0.925. The first-order chi connectivity index (χ1) is 6.74. The number of carbonyl (C=O) groups excluding carboxylic acids is 1. The molecule has 14 heavy (non-hydrogen) atoms. The first-order valence-corrected chi connectivity index (χ1v) is 7.16. The summed E-state index contributed by atoms with van der Waals surface area (Å²) in [6, 6.07) is 3.99. The first-order valence-electron chi connectivity index (χ1n) is 4.24. The lowest BCUT2D eigenvalue weighted by molar-refractivity contribution is -0.120. The zero-order valence-electron chi connectivity index (χ0n) is 7.50. The third-order valence-electron chi connectivity index (χ3n) is 1.66. The summed E-state index contributed by atoms with van der Waals surface area (Å²) in [5, 5.41) is 5.71. The highest BCUT2D eigenvalue weighted by Crippen LogP contribution is 2.10. The van der Waals surface area contributed by atoms with Crippen molar-refractivity contribution in [1.29, 1.82) is 0 Å². The van der Waals surface area contributed by atoms with Crippen LogP contribution < -0.4 is 5.32 Å². The van der Waals surface area contributed by atoms with E-state index in [-0.39, 0.29) is 10.7 Å². The third-order valence-corrected chi connectivity index (χ3v) is 3.87. The predicted octanol–water partition coefficient (Wildman–Crippen LogP) is 2.91. The molecule has 1 aromatic heterocycles. The molecule has 1 heterocycles. The summed E-state index contributed by atoms with van der Waals surface area (Å²) < 4.78 is 0. The molecule has 78 valence electrons. The number of amides is 1. The van der Waals surface area contributed by atoms with Gasteiger partial charge in [-0.1, -0.05) is 37.9 Å². The Morgan fingerprint density at radius 3 is 3.00 bits per heavy atom. The Balaban J connectivity index is 2.27. The van der Waals surface area contributed by atoms with Crippen molar-refractivity contribution in [2.75, 3.05) is 5.33 Å². The van der Waals surface area contributed by atoms with E-state index in [0.29, 0.717) is 6.54 Å². The molecule has 1 amide bonds. The van der Waals surface area contributed by atoms with Crippen molar-refractivity contribution in [1.82, 2.24) is 5.32 Å². The van der Waals surface area contributed by atoms with Crippen LogP contribution in [-0.4, -0.2) is 16.1 Å². The van der Waals surface area contributed by atoms with Crippen LogP contribution in [0.3, 0.4) is 0 Å². The van der Waals surface area contributed by atoms with Crippen LogP contribution in [-0.2, 0) is 11.3 Å². The fourth-order valence-corrected chi connectivity index (χ4v) is 3.03. The number of thiophene rings is 1. The van der Waals surface area contributed by atoms with Crippen LogP contribution in [0.15, 0.2) is 17.5 Å². The van der Waals surface area contributed by atoms with Crippen LogP contribution >= 0.6 is 43.2 Å². The molecule has 1 aromatic rings. The second-order valence-corrected chi connectivity index (χ2v) is 5.67. The average Bonchev–Trinajstić information content (AvgIpc) is 2.67. The summed E-state index contributed by atoms with van der Waals surface area (Å²) in [7, 11) is 0. The summed E-state index contributed by atoms with van der Waals surface area (Å²) in [6.45, 7) is 0.626. The van der Waals surface area contributed by atoms with E-state index in [1.165, 1.54) is 4.88 Å². The van der Waals surface area contributed by atoms with Crippen molar-refractivity contribution in [3.05, 3.63) is 22.4 Å². The zero-order chi connectivity index (χ0) is 10.4. The van der Waals surface area contributed by atoms with Gasteiger partial charge in [-0.05, 0) is 17.9 Å². The van der Waals surface area contributed by atoms with E-state index in [4.69, 9.17) is 0 Å². The third kappa shape index (κ3) is 4.11. The summed E-state index contributed by atoms with van der Waals surface area (Å²) in [4.78, 5) is 12.5. The minimum atomic E-state index is -0.0955. The molecular formula is C9H11Br2NOS. The van der Waals surface area contributed by atoms with Crippen LogP contribution in [0, 0.1) is 0 Å². The molecule has 0 aliphatic rings. The van der Waals surface area contributed by atoms with E-state index in [1.54, 1.807) is 11.3 Å². The van der Waals surface area contributed by atoms with Gasteiger partial charge in [-0.15, -0.1) is 11.3 Å². The van der Waals surface area contributed by atoms with E-state index < -0.39 is 0 Å². The lowest BCUT2D eigenvalue weighted by atomic mass is 10.3. The molecule has 0 fully saturated rings. The number of rotatable bonds is 5. The van der Waals surface area contributed by atoms with Crippen LogP contribution in [0.1, 0.15) is 11.3 Å². The maximum absolute atomic E-state index is 11.5. The molecule has 0 spiro atoms. The van der Waals surface area contributed by atoms with Crippen LogP contribution in [0.25, 0.3) is 0 Å². The highest BCUT2D eigenvalue weighted by Gasteiger charge is 2.12. The average molecular weight is 341 g/mol. The number of hydrogen-bond donors (Lipinski definition) is 1. The predicted molar refractivity (Wildman–Crippen MR) is 67.3 cm³/mol. The minimum absolute atomic E-state index is 0.0536. The van der Waals surface area contributed by atoms with Gasteiger partial charge in [0.05, 0.1) is 11.4 Å². The van der Waals surface area contributed by atoms with Gasteiger partial charge in [0.25, 0.3) is 0 Å². The summed E-state index contributed by atoms with van der Waals surface area (Å²) in [6.07, 6.45) is 0.802. The van der Waals surface area contributed by atoms with Crippen molar-refractivity contribution in [3.63, 3.8) is 0 Å². The molecule has 1 atom stereocenters. The van der Waals surface area contributed by atoms with Gasteiger partial charge in [0.15, 0.2) is 0 Å². The van der Waals surface area contributed by atoms with Gasteiger partial charge in [0.1, 0.15) is 0 Å². The lowest BCUT2D eigenvalue weighted by Gasteiger charge is -2.08. The molecule has 0 saturated carbocycles. The maximum atomic E-state index is 11.5. The van der Waals surface area contributed by atoms with Crippen molar-refractivity contribution >= 4 is 49.1 Å². The molecule has 1 N–H and O–H groups in total. The van der Waals surface area contributed by atoms with Crippen molar-refractivity contribution in [2.45, 2.75) is 17.8 Å². The number of alkyl halides is 2. The molecule has 0 radical (unpaired) electrons. The van der Waals surface area contributed by atoms with E-state index in [0.717, 1.165) is 11.8 Å². The molecule has 0 aromatic carbocycles. The standard InChI is InChI=1S/C9H11Br2NOS/c10-4-3-8(11)9(13)12-6-7-2-1-5-14-7/h1-2,5,8H,3-4,6H2,(H,12,13). The smallest absolute Gasteiger partial charge is 0.234 e. The normalized spacial score (nSPS) is 12.4. The lowest BCUT2D eigenvalue weighted by Crippen LogP contribution is -2.30. The molecule has 0 aliphatic heterocycles. The molecule has 1 unspecified atom stereocenters. The van der Waals surface area contributed by atoms with Gasteiger partial charge in [-0.2, -0.15) is 0 Å². The maximum Gasteiger partial charge on any atom is 0.234 e. The molecular weight excluding hydrogens is 330 g/mol. The SMILES string of the molecule is O=C(NCc1cccs1)C(Br)CCBr. The van der Waals surface area contributed by atoms with E-state index in [1.807, 2.05) is 17.5 Å². The fraction of sp³-hybridized carbons (Fsp3) is 0.444. The second kappa shape index (κ2) is 6.58.